The first-order valence-electron chi connectivity index (χ1n) is 14.4. The Balaban J connectivity index is 1.30. The SMILES string of the molecule is CC1CC=Cc2c1c1cc(C#N)ccc1n2-c1ccc2sc3ccc(-n4c5ccccc5c5ccccc54)cc3c2c1. The molecule has 8 aromatic rings. The molecule has 0 saturated heterocycles. The molecule has 9 rings (SSSR count). The summed E-state index contributed by atoms with van der Waals surface area (Å²) in [4.78, 5) is 0. The van der Waals surface area contributed by atoms with Gasteiger partial charge in [0, 0.05) is 53.4 Å². The number of rotatable bonds is 2. The van der Waals surface area contributed by atoms with E-state index in [-0.39, 0.29) is 0 Å². The maximum absolute atomic E-state index is 9.62. The second kappa shape index (κ2) is 8.69. The van der Waals surface area contributed by atoms with Gasteiger partial charge in [0.05, 0.1) is 28.2 Å². The monoisotopic (exact) mass is 555 g/mol. The van der Waals surface area contributed by atoms with E-state index in [1.54, 1.807) is 0 Å². The van der Waals surface area contributed by atoms with Gasteiger partial charge in [0.2, 0.25) is 0 Å². The molecule has 3 nitrogen and oxygen atoms in total. The Labute approximate surface area is 246 Å². The molecule has 1 aliphatic rings. The average Bonchev–Trinajstić information content (AvgIpc) is 3.68. The van der Waals surface area contributed by atoms with Crippen LogP contribution in [0.2, 0.25) is 0 Å². The quantitative estimate of drug-likeness (QED) is 0.209. The smallest absolute Gasteiger partial charge is 0.0991 e. The molecular weight excluding hydrogens is 531 g/mol. The molecule has 0 aliphatic heterocycles. The summed E-state index contributed by atoms with van der Waals surface area (Å²) in [6.45, 7) is 2.29. The fourth-order valence-corrected chi connectivity index (χ4v) is 8.17. The second-order valence-electron chi connectivity index (χ2n) is 11.3. The van der Waals surface area contributed by atoms with Crippen LogP contribution in [0.4, 0.5) is 0 Å². The highest BCUT2D eigenvalue weighted by Gasteiger charge is 2.24. The largest absolute Gasteiger partial charge is 0.310 e. The zero-order valence-electron chi connectivity index (χ0n) is 23.0. The van der Waals surface area contributed by atoms with Crippen LogP contribution in [0.15, 0.2) is 109 Å². The van der Waals surface area contributed by atoms with Crippen LogP contribution in [0.25, 0.3) is 70.3 Å². The number of nitrogens with zero attached hydrogens (tertiary/aromatic N) is 3. The van der Waals surface area contributed by atoms with Gasteiger partial charge in [-0.15, -0.1) is 11.3 Å². The van der Waals surface area contributed by atoms with Gasteiger partial charge in [-0.2, -0.15) is 5.26 Å². The molecule has 5 aromatic carbocycles. The van der Waals surface area contributed by atoms with Gasteiger partial charge in [-0.25, -0.2) is 0 Å². The average molecular weight is 556 g/mol. The second-order valence-corrected chi connectivity index (χ2v) is 12.4. The van der Waals surface area contributed by atoms with Gasteiger partial charge < -0.3 is 9.13 Å². The zero-order valence-corrected chi connectivity index (χ0v) is 23.8. The number of para-hydroxylation sites is 2. The van der Waals surface area contributed by atoms with E-state index in [0.29, 0.717) is 11.5 Å². The molecule has 3 heterocycles. The Morgan fingerprint density at radius 1 is 0.667 bits per heavy atom. The lowest BCUT2D eigenvalue weighted by Crippen LogP contribution is -2.02. The number of hydrogen-bond acceptors (Lipinski definition) is 2. The lowest BCUT2D eigenvalue weighted by Gasteiger charge is -2.17. The number of fused-ring (bicyclic) bond motifs is 9. The van der Waals surface area contributed by atoms with Crippen LogP contribution < -0.4 is 0 Å². The van der Waals surface area contributed by atoms with Gasteiger partial charge in [-0.3, -0.25) is 0 Å². The summed E-state index contributed by atoms with van der Waals surface area (Å²) in [6, 6.07) is 39.6. The van der Waals surface area contributed by atoms with E-state index < -0.39 is 0 Å². The van der Waals surface area contributed by atoms with Gasteiger partial charge in [0.25, 0.3) is 0 Å². The molecule has 3 aromatic heterocycles. The molecule has 0 radical (unpaired) electrons. The van der Waals surface area contributed by atoms with Crippen LogP contribution in [-0.2, 0) is 0 Å². The Bertz CT molecular complexity index is 2420. The van der Waals surface area contributed by atoms with Crippen molar-refractivity contribution >= 4 is 70.3 Å². The predicted octanol–water partition coefficient (Wildman–Crippen LogP) is 10.5. The highest BCUT2D eigenvalue weighted by atomic mass is 32.1. The minimum Gasteiger partial charge on any atom is -0.310 e. The van der Waals surface area contributed by atoms with E-state index >= 15 is 0 Å². The molecular formula is C38H25N3S. The van der Waals surface area contributed by atoms with Crippen molar-refractivity contribution < 1.29 is 0 Å². The molecule has 42 heavy (non-hydrogen) atoms. The van der Waals surface area contributed by atoms with Crippen LogP contribution in [0.3, 0.4) is 0 Å². The normalized spacial score (nSPS) is 14.8. The van der Waals surface area contributed by atoms with E-state index in [9.17, 15) is 5.26 Å². The molecule has 0 amide bonds. The van der Waals surface area contributed by atoms with Gasteiger partial charge in [-0.05, 0) is 90.7 Å². The summed E-state index contributed by atoms with van der Waals surface area (Å²) in [7, 11) is 0. The van der Waals surface area contributed by atoms with Crippen molar-refractivity contribution in [1.29, 1.82) is 5.26 Å². The molecule has 0 fully saturated rings. The van der Waals surface area contributed by atoms with Gasteiger partial charge in [0.1, 0.15) is 0 Å². The molecule has 198 valence electrons. The summed E-state index contributed by atoms with van der Waals surface area (Å²) < 4.78 is 7.36. The molecule has 0 bridgehead atoms. The van der Waals surface area contributed by atoms with Crippen molar-refractivity contribution in [3.63, 3.8) is 0 Å². The molecule has 0 spiro atoms. The Morgan fingerprint density at radius 2 is 1.29 bits per heavy atom. The number of aromatic nitrogens is 2. The number of thiophene rings is 1. The third kappa shape index (κ3) is 3.20. The fourth-order valence-electron chi connectivity index (χ4n) is 7.10. The van der Waals surface area contributed by atoms with Crippen LogP contribution in [-0.4, -0.2) is 9.13 Å². The molecule has 1 aliphatic carbocycles. The Kier molecular flexibility index (Phi) is 4.88. The highest BCUT2D eigenvalue weighted by Crippen LogP contribution is 2.42. The van der Waals surface area contributed by atoms with Gasteiger partial charge in [0.15, 0.2) is 0 Å². The lowest BCUT2D eigenvalue weighted by atomic mass is 9.90. The summed E-state index contributed by atoms with van der Waals surface area (Å²) in [6.07, 6.45) is 5.56. The maximum Gasteiger partial charge on any atom is 0.0991 e. The summed E-state index contributed by atoms with van der Waals surface area (Å²) in [5.41, 5.74) is 9.21. The molecule has 1 atom stereocenters. The summed E-state index contributed by atoms with van der Waals surface area (Å²) >= 11 is 1.85. The van der Waals surface area contributed by atoms with E-state index in [1.165, 1.54) is 64.3 Å². The summed E-state index contributed by atoms with van der Waals surface area (Å²) in [5.74, 6) is 0.405. The number of allylic oxidation sites excluding steroid dienone is 1. The van der Waals surface area contributed by atoms with Crippen molar-refractivity contribution in [2.75, 3.05) is 0 Å². The first kappa shape index (κ1) is 23.6. The lowest BCUT2D eigenvalue weighted by molar-refractivity contribution is 0.773. The van der Waals surface area contributed by atoms with Crippen molar-refractivity contribution in [2.24, 2.45) is 0 Å². The maximum atomic E-state index is 9.62. The van der Waals surface area contributed by atoms with Crippen molar-refractivity contribution in [1.82, 2.24) is 9.13 Å². The molecule has 0 saturated carbocycles. The minimum atomic E-state index is 0.405. The van der Waals surface area contributed by atoms with Crippen LogP contribution >= 0.6 is 11.3 Å². The van der Waals surface area contributed by atoms with Crippen molar-refractivity contribution in [3.8, 4) is 17.4 Å². The third-order valence-corrected chi connectivity index (χ3v) is 10.1. The van der Waals surface area contributed by atoms with E-state index in [1.807, 2.05) is 17.4 Å². The van der Waals surface area contributed by atoms with Gasteiger partial charge in [-0.1, -0.05) is 49.4 Å². The highest BCUT2D eigenvalue weighted by molar-refractivity contribution is 7.25. The van der Waals surface area contributed by atoms with Gasteiger partial charge >= 0.3 is 0 Å². The third-order valence-electron chi connectivity index (χ3n) is 8.96. The van der Waals surface area contributed by atoms with E-state index in [0.717, 1.165) is 17.6 Å². The number of hydrogen-bond donors (Lipinski definition) is 0. The van der Waals surface area contributed by atoms with Crippen molar-refractivity contribution in [3.05, 3.63) is 126 Å². The standard InChI is InChI=1S/C38H25N3S/c1-23-7-6-12-35-38(23)31-19-24(22-39)13-16-34(31)41(35)26-15-18-37-30(21-26)29-20-25(14-17-36(29)42-37)40-32-10-4-2-8-27(32)28-9-3-5-11-33(28)40/h2-6,8-21,23H,7H2,1H3. The van der Waals surface area contributed by atoms with Crippen LogP contribution in [0.5, 0.6) is 0 Å². The zero-order chi connectivity index (χ0) is 27.9. The summed E-state index contributed by atoms with van der Waals surface area (Å²) in [5, 5.41) is 15.9. The Hall–Kier alpha value is -5.11. The fraction of sp³-hybridized carbons (Fsp3) is 0.0789. The minimum absolute atomic E-state index is 0.405. The first-order valence-corrected chi connectivity index (χ1v) is 15.2. The van der Waals surface area contributed by atoms with Crippen LogP contribution in [0, 0.1) is 11.3 Å². The first-order chi connectivity index (χ1) is 20.7. The topological polar surface area (TPSA) is 33.6 Å². The van der Waals surface area contributed by atoms with E-state index in [4.69, 9.17) is 0 Å². The predicted molar refractivity (Wildman–Crippen MR) is 177 cm³/mol. The van der Waals surface area contributed by atoms with E-state index in [2.05, 4.69) is 131 Å². The van der Waals surface area contributed by atoms with Crippen LogP contribution in [0.1, 0.15) is 36.1 Å². The number of benzene rings is 5. The Morgan fingerprint density at radius 3 is 1.95 bits per heavy atom. The molecule has 0 N–H and O–H groups in total. The molecule has 4 heteroatoms. The van der Waals surface area contributed by atoms with Crippen molar-refractivity contribution in [2.45, 2.75) is 19.3 Å². The number of nitriles is 1. The molecule has 1 unspecified atom stereocenters.